The number of hydrogen-bond acceptors (Lipinski definition) is 3. The van der Waals surface area contributed by atoms with Crippen LogP contribution < -0.4 is 0 Å². The van der Waals surface area contributed by atoms with Gasteiger partial charge in [0.2, 0.25) is 6.41 Å². The summed E-state index contributed by atoms with van der Waals surface area (Å²) in [6.07, 6.45) is 1.06. The maximum Gasteiger partial charge on any atom is 0.307 e. The zero-order valence-corrected chi connectivity index (χ0v) is 5.58. The summed E-state index contributed by atoms with van der Waals surface area (Å²) in [6.45, 7) is 1.34. The zero-order chi connectivity index (χ0) is 7.40. The molecule has 4 nitrogen and oxygen atoms in total. The van der Waals surface area contributed by atoms with Gasteiger partial charge in [-0.25, -0.2) is 0 Å². The summed E-state index contributed by atoms with van der Waals surface area (Å²) < 4.78 is 4.70. The van der Waals surface area contributed by atoms with Crippen LogP contribution in [0.5, 0.6) is 0 Å². The molecule has 4 heteroatoms. The topological polar surface area (TPSA) is 46.6 Å². The number of nitrogens with zero attached hydrogens (tertiary/aromatic N) is 1. The Morgan fingerprint density at radius 3 is 3.00 bits per heavy atom. The molecule has 0 radical (unpaired) electrons. The fourth-order valence-electron chi connectivity index (χ4n) is 0.801. The number of amides is 1. The molecule has 0 spiro atoms. The Bertz CT molecular complexity index is 146. The van der Waals surface area contributed by atoms with Crippen LogP contribution >= 0.6 is 0 Å². The van der Waals surface area contributed by atoms with Crippen LogP contribution in [0.1, 0.15) is 6.42 Å². The van der Waals surface area contributed by atoms with Gasteiger partial charge in [-0.2, -0.15) is 0 Å². The zero-order valence-electron chi connectivity index (χ0n) is 5.58. The minimum Gasteiger partial charge on any atom is -0.464 e. The van der Waals surface area contributed by atoms with Gasteiger partial charge in [0.1, 0.15) is 6.61 Å². The normalized spacial score (nSPS) is 19.6. The van der Waals surface area contributed by atoms with Gasteiger partial charge in [-0.05, 0) is 0 Å². The van der Waals surface area contributed by atoms with Crippen LogP contribution in [-0.2, 0) is 14.3 Å². The third kappa shape index (κ3) is 1.72. The van der Waals surface area contributed by atoms with Gasteiger partial charge in [0, 0.05) is 6.54 Å². The van der Waals surface area contributed by atoms with Gasteiger partial charge in [0.15, 0.2) is 0 Å². The lowest BCUT2D eigenvalue weighted by Gasteiger charge is -2.09. The van der Waals surface area contributed by atoms with E-state index in [2.05, 4.69) is 0 Å². The van der Waals surface area contributed by atoms with E-state index in [4.69, 9.17) is 4.74 Å². The van der Waals surface area contributed by atoms with E-state index in [9.17, 15) is 9.59 Å². The minimum atomic E-state index is -0.218. The van der Waals surface area contributed by atoms with Crippen molar-refractivity contribution in [1.29, 1.82) is 0 Å². The van der Waals surface area contributed by atoms with E-state index < -0.39 is 0 Å². The lowest BCUT2D eigenvalue weighted by molar-refractivity contribution is -0.142. The van der Waals surface area contributed by atoms with Crippen LogP contribution in [0.4, 0.5) is 0 Å². The van der Waals surface area contributed by atoms with Gasteiger partial charge in [-0.15, -0.1) is 0 Å². The Balaban J connectivity index is 2.40. The number of carbonyl (C=O) groups is 2. The van der Waals surface area contributed by atoms with Gasteiger partial charge >= 0.3 is 5.97 Å². The quantitative estimate of drug-likeness (QED) is 0.363. The van der Waals surface area contributed by atoms with E-state index in [1.807, 2.05) is 0 Å². The molecule has 1 rings (SSSR count). The Hall–Kier alpha value is -1.06. The molecule has 0 aromatic heterocycles. The fraction of sp³-hybridized carbons (Fsp3) is 0.667. The predicted octanol–water partition coefficient (Wildman–Crippen LogP) is -0.608. The molecular formula is C6H9NO3. The molecule has 1 heterocycles. The van der Waals surface area contributed by atoms with Crippen molar-refractivity contribution in [2.24, 2.45) is 0 Å². The van der Waals surface area contributed by atoms with Crippen LogP contribution in [0, 0.1) is 0 Å². The Kier molecular flexibility index (Phi) is 2.25. The summed E-state index contributed by atoms with van der Waals surface area (Å²) in [5, 5.41) is 0. The highest BCUT2D eigenvalue weighted by Crippen LogP contribution is 1.96. The smallest absolute Gasteiger partial charge is 0.307 e. The van der Waals surface area contributed by atoms with Crippen LogP contribution in [-0.4, -0.2) is 37.0 Å². The van der Waals surface area contributed by atoms with E-state index in [1.165, 1.54) is 4.90 Å². The molecule has 0 aromatic rings. The molecule has 1 saturated heterocycles. The number of cyclic esters (lactones) is 1. The molecule has 10 heavy (non-hydrogen) atoms. The summed E-state index contributed by atoms with van der Waals surface area (Å²) in [4.78, 5) is 22.3. The first-order valence-electron chi connectivity index (χ1n) is 3.18. The first kappa shape index (κ1) is 7.05. The van der Waals surface area contributed by atoms with E-state index in [0.717, 1.165) is 6.41 Å². The highest BCUT2D eigenvalue weighted by molar-refractivity contribution is 5.70. The second-order valence-electron chi connectivity index (χ2n) is 2.11. The molecule has 1 fully saturated rings. The molecule has 56 valence electrons. The SMILES string of the molecule is O=CN1CCOC(=O)CC1. The van der Waals surface area contributed by atoms with Crippen molar-refractivity contribution >= 4 is 12.4 Å². The van der Waals surface area contributed by atoms with Crippen molar-refractivity contribution in [3.8, 4) is 0 Å². The molecule has 0 bridgehead atoms. The molecule has 1 amide bonds. The van der Waals surface area contributed by atoms with Crippen molar-refractivity contribution in [2.75, 3.05) is 19.7 Å². The van der Waals surface area contributed by atoms with Crippen molar-refractivity contribution in [3.05, 3.63) is 0 Å². The van der Waals surface area contributed by atoms with Gasteiger partial charge in [-0.3, -0.25) is 9.59 Å². The minimum absolute atomic E-state index is 0.218. The van der Waals surface area contributed by atoms with Crippen LogP contribution in [0.15, 0.2) is 0 Å². The first-order valence-corrected chi connectivity index (χ1v) is 3.18. The van der Waals surface area contributed by atoms with E-state index in [-0.39, 0.29) is 5.97 Å². The number of ether oxygens (including phenoxy) is 1. The van der Waals surface area contributed by atoms with Crippen molar-refractivity contribution < 1.29 is 14.3 Å². The molecule has 1 aliphatic rings. The lowest BCUT2D eigenvalue weighted by atomic mass is 10.4. The number of rotatable bonds is 1. The summed E-state index contributed by atoms with van der Waals surface area (Å²) in [6, 6.07) is 0. The number of hydrogen-bond donors (Lipinski definition) is 0. The Morgan fingerprint density at radius 1 is 1.50 bits per heavy atom. The molecule has 0 unspecified atom stereocenters. The number of carbonyl (C=O) groups excluding carboxylic acids is 2. The molecule has 0 saturated carbocycles. The molecular weight excluding hydrogens is 134 g/mol. The van der Waals surface area contributed by atoms with Crippen LogP contribution in [0.2, 0.25) is 0 Å². The highest BCUT2D eigenvalue weighted by atomic mass is 16.5. The summed E-state index contributed by atoms with van der Waals surface area (Å²) in [5.74, 6) is -0.218. The average Bonchev–Trinajstić information content (AvgIpc) is 2.14. The van der Waals surface area contributed by atoms with Crippen molar-refractivity contribution in [1.82, 2.24) is 4.90 Å². The molecule has 0 atom stereocenters. The monoisotopic (exact) mass is 143 g/mol. The Morgan fingerprint density at radius 2 is 2.30 bits per heavy atom. The third-order valence-electron chi connectivity index (χ3n) is 1.39. The lowest BCUT2D eigenvalue weighted by Crippen LogP contribution is -2.24. The fourth-order valence-corrected chi connectivity index (χ4v) is 0.801. The molecule has 0 aromatic carbocycles. The van der Waals surface area contributed by atoms with Gasteiger partial charge < -0.3 is 9.64 Å². The summed E-state index contributed by atoms with van der Waals surface area (Å²) in [5.41, 5.74) is 0. The van der Waals surface area contributed by atoms with Gasteiger partial charge in [0.05, 0.1) is 13.0 Å². The summed E-state index contributed by atoms with van der Waals surface area (Å²) in [7, 11) is 0. The molecule has 0 N–H and O–H groups in total. The van der Waals surface area contributed by atoms with E-state index in [0.29, 0.717) is 26.1 Å². The first-order chi connectivity index (χ1) is 4.83. The Labute approximate surface area is 58.8 Å². The number of esters is 1. The second-order valence-corrected chi connectivity index (χ2v) is 2.11. The standard InChI is InChI=1S/C6H9NO3/c8-5-7-2-1-6(9)10-4-3-7/h5H,1-4H2. The largest absolute Gasteiger partial charge is 0.464 e. The second kappa shape index (κ2) is 3.20. The molecule has 1 aliphatic heterocycles. The van der Waals surface area contributed by atoms with Crippen molar-refractivity contribution in [2.45, 2.75) is 6.42 Å². The van der Waals surface area contributed by atoms with Crippen LogP contribution in [0.3, 0.4) is 0 Å². The summed E-state index contributed by atoms with van der Waals surface area (Å²) >= 11 is 0. The van der Waals surface area contributed by atoms with Crippen molar-refractivity contribution in [3.63, 3.8) is 0 Å². The van der Waals surface area contributed by atoms with E-state index in [1.54, 1.807) is 0 Å². The van der Waals surface area contributed by atoms with Crippen LogP contribution in [0.25, 0.3) is 0 Å². The van der Waals surface area contributed by atoms with Gasteiger partial charge in [0.25, 0.3) is 0 Å². The average molecular weight is 143 g/mol. The maximum absolute atomic E-state index is 10.6. The molecule has 0 aliphatic carbocycles. The third-order valence-corrected chi connectivity index (χ3v) is 1.39. The van der Waals surface area contributed by atoms with Gasteiger partial charge in [-0.1, -0.05) is 0 Å². The predicted molar refractivity (Wildman–Crippen MR) is 33.2 cm³/mol. The van der Waals surface area contributed by atoms with E-state index >= 15 is 0 Å². The maximum atomic E-state index is 10.6. The highest BCUT2D eigenvalue weighted by Gasteiger charge is 2.11.